The summed E-state index contributed by atoms with van der Waals surface area (Å²) in [6.07, 6.45) is -0.510. The van der Waals surface area contributed by atoms with Crippen molar-refractivity contribution in [3.05, 3.63) is 35.9 Å². The molecular weight excluding hydrogens is 320 g/mol. The SMILES string of the molecule is CCN(CC)C(=O)Oc1cc(N=Nc2ccc(C)cc2)c(N)nc1N. The van der Waals surface area contributed by atoms with Gasteiger partial charge in [0.1, 0.15) is 5.69 Å². The van der Waals surface area contributed by atoms with Crippen LogP contribution >= 0.6 is 0 Å². The second kappa shape index (κ2) is 8.09. The molecule has 0 aliphatic rings. The number of ether oxygens (including phenoxy) is 1. The molecule has 8 heteroatoms. The normalized spacial score (nSPS) is 10.8. The zero-order chi connectivity index (χ0) is 18.4. The fraction of sp³-hybridized carbons (Fsp3) is 0.294. The van der Waals surface area contributed by atoms with Crippen LogP contribution in [-0.4, -0.2) is 29.1 Å². The monoisotopic (exact) mass is 342 g/mol. The molecule has 132 valence electrons. The molecule has 0 fully saturated rings. The number of nitrogens with zero attached hydrogens (tertiary/aromatic N) is 4. The van der Waals surface area contributed by atoms with Crippen molar-refractivity contribution in [2.24, 2.45) is 10.2 Å². The number of azo groups is 1. The first-order valence-electron chi connectivity index (χ1n) is 7.95. The molecule has 0 aliphatic carbocycles. The van der Waals surface area contributed by atoms with Gasteiger partial charge in [0.05, 0.1) is 5.69 Å². The zero-order valence-corrected chi connectivity index (χ0v) is 14.6. The molecule has 2 rings (SSSR count). The first-order chi connectivity index (χ1) is 11.9. The molecule has 0 spiro atoms. The molecule has 0 radical (unpaired) electrons. The zero-order valence-electron chi connectivity index (χ0n) is 14.6. The van der Waals surface area contributed by atoms with Crippen molar-refractivity contribution in [1.29, 1.82) is 0 Å². The van der Waals surface area contributed by atoms with Crippen LogP contribution in [0, 0.1) is 6.92 Å². The number of nitrogens with two attached hydrogens (primary N) is 2. The molecule has 1 aromatic carbocycles. The molecule has 0 atom stereocenters. The van der Waals surface area contributed by atoms with Crippen LogP contribution in [-0.2, 0) is 0 Å². The highest BCUT2D eigenvalue weighted by Gasteiger charge is 2.16. The van der Waals surface area contributed by atoms with Crippen molar-refractivity contribution in [2.45, 2.75) is 20.8 Å². The molecule has 1 aromatic heterocycles. The summed E-state index contributed by atoms with van der Waals surface area (Å²) in [5, 5.41) is 8.19. The summed E-state index contributed by atoms with van der Waals surface area (Å²) in [5.74, 6) is 0.229. The van der Waals surface area contributed by atoms with Crippen LogP contribution in [0.25, 0.3) is 0 Å². The lowest BCUT2D eigenvalue weighted by molar-refractivity contribution is 0.157. The van der Waals surface area contributed by atoms with E-state index in [1.165, 1.54) is 11.0 Å². The lowest BCUT2D eigenvalue weighted by Crippen LogP contribution is -2.33. The van der Waals surface area contributed by atoms with Crippen molar-refractivity contribution in [3.8, 4) is 5.75 Å². The molecule has 0 bridgehead atoms. The Bertz CT molecular complexity index is 769. The molecule has 8 nitrogen and oxygen atoms in total. The predicted octanol–water partition coefficient (Wildman–Crippen LogP) is 3.81. The molecule has 25 heavy (non-hydrogen) atoms. The average molecular weight is 342 g/mol. The van der Waals surface area contributed by atoms with Crippen LogP contribution in [0.1, 0.15) is 19.4 Å². The number of carbonyl (C=O) groups is 1. The van der Waals surface area contributed by atoms with E-state index < -0.39 is 6.09 Å². The molecule has 2 aromatic rings. The standard InChI is InChI=1S/C17H22N6O2/c1-4-23(5-2)17(24)25-14-10-13(15(18)20-16(14)19)22-21-12-8-6-11(3)7-9-12/h6-10H,4-5H2,1-3H3,(H4,18,19,20). The van der Waals surface area contributed by atoms with Crippen molar-refractivity contribution in [1.82, 2.24) is 9.88 Å². The van der Waals surface area contributed by atoms with E-state index in [9.17, 15) is 4.79 Å². The number of pyridine rings is 1. The van der Waals surface area contributed by atoms with Gasteiger partial charge in [0.15, 0.2) is 17.4 Å². The van der Waals surface area contributed by atoms with Gasteiger partial charge in [-0.1, -0.05) is 17.7 Å². The summed E-state index contributed by atoms with van der Waals surface area (Å²) in [7, 11) is 0. The lowest BCUT2D eigenvalue weighted by Gasteiger charge is -2.18. The van der Waals surface area contributed by atoms with Crippen LogP contribution in [0.5, 0.6) is 5.75 Å². The van der Waals surface area contributed by atoms with Crippen molar-refractivity contribution in [3.63, 3.8) is 0 Å². The van der Waals surface area contributed by atoms with Gasteiger partial charge in [-0.25, -0.2) is 9.78 Å². The van der Waals surface area contributed by atoms with E-state index in [0.29, 0.717) is 18.8 Å². The fourth-order valence-electron chi connectivity index (χ4n) is 2.04. The van der Waals surface area contributed by atoms with E-state index in [-0.39, 0.29) is 23.1 Å². The largest absolute Gasteiger partial charge is 0.415 e. The smallest absolute Gasteiger partial charge is 0.406 e. The van der Waals surface area contributed by atoms with Crippen molar-refractivity contribution >= 4 is 29.1 Å². The number of anilines is 2. The fourth-order valence-corrected chi connectivity index (χ4v) is 2.04. The number of nitrogen functional groups attached to an aromatic ring is 2. The maximum absolute atomic E-state index is 12.1. The number of aryl methyl sites for hydroxylation is 1. The van der Waals surface area contributed by atoms with E-state index in [4.69, 9.17) is 16.2 Å². The maximum Gasteiger partial charge on any atom is 0.415 e. The third-order valence-electron chi connectivity index (χ3n) is 3.55. The Morgan fingerprint density at radius 1 is 1.12 bits per heavy atom. The second-order valence-corrected chi connectivity index (χ2v) is 5.35. The first-order valence-corrected chi connectivity index (χ1v) is 7.95. The summed E-state index contributed by atoms with van der Waals surface area (Å²) >= 11 is 0. The number of hydrogen-bond donors (Lipinski definition) is 2. The van der Waals surface area contributed by atoms with Gasteiger partial charge >= 0.3 is 6.09 Å². The highest BCUT2D eigenvalue weighted by atomic mass is 16.6. The Morgan fingerprint density at radius 2 is 1.76 bits per heavy atom. The topological polar surface area (TPSA) is 119 Å². The molecule has 4 N–H and O–H groups in total. The molecule has 0 aliphatic heterocycles. The minimum absolute atomic E-state index is 0.0206. The number of aromatic nitrogens is 1. The number of hydrogen-bond acceptors (Lipinski definition) is 7. The summed E-state index contributed by atoms with van der Waals surface area (Å²) in [5.41, 5.74) is 13.7. The average Bonchev–Trinajstić information content (AvgIpc) is 2.59. The molecular formula is C17H22N6O2. The Balaban J connectivity index is 2.24. The van der Waals surface area contributed by atoms with Gasteiger partial charge in [-0.2, -0.15) is 5.11 Å². The van der Waals surface area contributed by atoms with Crippen LogP contribution < -0.4 is 16.2 Å². The number of carbonyl (C=O) groups excluding carboxylic acids is 1. The van der Waals surface area contributed by atoms with Crippen molar-refractivity contribution < 1.29 is 9.53 Å². The van der Waals surface area contributed by atoms with E-state index in [2.05, 4.69) is 15.2 Å². The summed E-state index contributed by atoms with van der Waals surface area (Å²) < 4.78 is 5.29. The number of benzene rings is 1. The van der Waals surface area contributed by atoms with Crippen LogP contribution in [0.3, 0.4) is 0 Å². The van der Waals surface area contributed by atoms with Gasteiger partial charge in [0.2, 0.25) is 0 Å². The van der Waals surface area contributed by atoms with E-state index in [1.807, 2.05) is 45.0 Å². The summed E-state index contributed by atoms with van der Waals surface area (Å²) in [6.45, 7) is 6.75. The summed E-state index contributed by atoms with van der Waals surface area (Å²) in [4.78, 5) is 17.6. The lowest BCUT2D eigenvalue weighted by atomic mass is 10.2. The molecule has 0 saturated carbocycles. The summed E-state index contributed by atoms with van der Waals surface area (Å²) in [6, 6.07) is 8.98. The minimum atomic E-state index is -0.510. The van der Waals surface area contributed by atoms with E-state index in [1.54, 1.807) is 0 Å². The van der Waals surface area contributed by atoms with E-state index in [0.717, 1.165) is 5.56 Å². The Morgan fingerprint density at radius 3 is 2.36 bits per heavy atom. The quantitative estimate of drug-likeness (QED) is 0.801. The highest BCUT2D eigenvalue weighted by Crippen LogP contribution is 2.31. The first kappa shape index (κ1) is 18.2. The van der Waals surface area contributed by atoms with Crippen LogP contribution in [0.15, 0.2) is 40.6 Å². The van der Waals surface area contributed by atoms with Gasteiger partial charge in [-0.15, -0.1) is 5.11 Å². The van der Waals surface area contributed by atoms with Gasteiger partial charge in [-0.05, 0) is 32.9 Å². The number of amides is 1. The second-order valence-electron chi connectivity index (χ2n) is 5.35. The van der Waals surface area contributed by atoms with Crippen LogP contribution in [0.2, 0.25) is 0 Å². The maximum atomic E-state index is 12.1. The Labute approximate surface area is 146 Å². The Hall–Kier alpha value is -3.16. The van der Waals surface area contributed by atoms with Gasteiger partial charge < -0.3 is 21.1 Å². The van der Waals surface area contributed by atoms with Crippen molar-refractivity contribution in [2.75, 3.05) is 24.6 Å². The van der Waals surface area contributed by atoms with Gasteiger partial charge in [0, 0.05) is 19.2 Å². The number of rotatable bonds is 5. The van der Waals surface area contributed by atoms with E-state index >= 15 is 0 Å². The molecule has 0 unspecified atom stereocenters. The molecule has 1 amide bonds. The van der Waals surface area contributed by atoms with Gasteiger partial charge in [0.25, 0.3) is 0 Å². The third kappa shape index (κ3) is 4.66. The minimum Gasteiger partial charge on any atom is -0.406 e. The highest BCUT2D eigenvalue weighted by molar-refractivity contribution is 5.75. The predicted molar refractivity (Wildman–Crippen MR) is 97.4 cm³/mol. The third-order valence-corrected chi connectivity index (χ3v) is 3.55. The molecule has 0 saturated heterocycles. The van der Waals surface area contributed by atoms with Crippen LogP contribution in [0.4, 0.5) is 27.8 Å². The molecule has 1 heterocycles. The van der Waals surface area contributed by atoms with Gasteiger partial charge in [-0.3, -0.25) is 0 Å². The Kier molecular flexibility index (Phi) is 5.89.